The maximum absolute atomic E-state index is 13.6. The highest BCUT2D eigenvalue weighted by Gasteiger charge is 2.12. The zero-order chi connectivity index (χ0) is 11.3. The van der Waals surface area contributed by atoms with Crippen molar-refractivity contribution in [3.63, 3.8) is 0 Å². The van der Waals surface area contributed by atoms with Gasteiger partial charge in [-0.25, -0.2) is 4.39 Å². The summed E-state index contributed by atoms with van der Waals surface area (Å²) in [4.78, 5) is 12.6. The Hall–Kier alpha value is -1.64. The molecule has 0 radical (unpaired) electrons. The maximum atomic E-state index is 13.6. The predicted octanol–water partition coefficient (Wildman–Crippen LogP) is 2.65. The van der Waals surface area contributed by atoms with Crippen LogP contribution in [0.1, 0.15) is 17.3 Å². The van der Waals surface area contributed by atoms with E-state index < -0.39 is 0 Å². The molecule has 15 heavy (non-hydrogen) atoms. The first-order valence-electron chi connectivity index (χ1n) is 4.84. The van der Waals surface area contributed by atoms with E-state index in [0.29, 0.717) is 30.6 Å². The Morgan fingerprint density at radius 1 is 1.53 bits per heavy atom. The molecule has 0 bridgehead atoms. The van der Waals surface area contributed by atoms with Crippen LogP contribution in [-0.4, -0.2) is 19.4 Å². The van der Waals surface area contributed by atoms with E-state index >= 15 is 0 Å². The van der Waals surface area contributed by atoms with Crippen molar-refractivity contribution in [1.82, 2.24) is 0 Å². The Morgan fingerprint density at radius 2 is 2.27 bits per heavy atom. The Kier molecular flexibility index (Phi) is 4.03. The van der Waals surface area contributed by atoms with Gasteiger partial charge in [-0.3, -0.25) is 4.79 Å². The molecule has 0 aliphatic rings. The lowest BCUT2D eigenvalue weighted by molar-refractivity contribution is 0.112. The van der Waals surface area contributed by atoms with Gasteiger partial charge in [0.05, 0.1) is 5.69 Å². The molecule has 0 N–H and O–H groups in total. The summed E-state index contributed by atoms with van der Waals surface area (Å²) in [5.41, 5.74) is 0.730. The van der Waals surface area contributed by atoms with Gasteiger partial charge in [0.1, 0.15) is 5.82 Å². The number of halogens is 1. The average molecular weight is 207 g/mol. The van der Waals surface area contributed by atoms with Crippen LogP contribution in [0.3, 0.4) is 0 Å². The van der Waals surface area contributed by atoms with E-state index in [0.717, 1.165) is 0 Å². The molecule has 1 aromatic carbocycles. The molecule has 0 unspecified atom stereocenters. The minimum absolute atomic E-state index is 0.356. The standard InChI is InChI=1S/C12H14FNO/c1-3-8-14(4-2)12-10(9-15)6-5-7-11(12)13/h3,5-7,9H,1,4,8H2,2H3. The molecule has 0 aliphatic heterocycles. The third-order valence-corrected chi connectivity index (χ3v) is 2.19. The second-order valence-corrected chi connectivity index (χ2v) is 3.12. The summed E-state index contributed by atoms with van der Waals surface area (Å²) < 4.78 is 13.6. The number of anilines is 1. The molecule has 3 heteroatoms. The van der Waals surface area contributed by atoms with E-state index in [9.17, 15) is 9.18 Å². The first-order chi connectivity index (χ1) is 7.24. The molecule has 0 fully saturated rings. The Balaban J connectivity index is 3.18. The first-order valence-corrected chi connectivity index (χ1v) is 4.84. The van der Waals surface area contributed by atoms with Crippen LogP contribution in [-0.2, 0) is 0 Å². The fraction of sp³-hybridized carbons (Fsp3) is 0.250. The lowest BCUT2D eigenvalue weighted by atomic mass is 10.1. The molecular formula is C12H14FNO. The Labute approximate surface area is 89.0 Å². The number of aldehydes is 1. The number of hydrogen-bond donors (Lipinski definition) is 0. The summed E-state index contributed by atoms with van der Waals surface area (Å²) >= 11 is 0. The van der Waals surface area contributed by atoms with Crippen LogP contribution in [0.15, 0.2) is 30.9 Å². The quantitative estimate of drug-likeness (QED) is 0.546. The van der Waals surface area contributed by atoms with Crippen LogP contribution >= 0.6 is 0 Å². The van der Waals surface area contributed by atoms with Crippen LogP contribution in [0.4, 0.5) is 10.1 Å². The van der Waals surface area contributed by atoms with Crippen molar-refractivity contribution in [2.75, 3.05) is 18.0 Å². The minimum atomic E-state index is -0.372. The predicted molar refractivity (Wildman–Crippen MR) is 59.9 cm³/mol. The normalized spacial score (nSPS) is 9.73. The summed E-state index contributed by atoms with van der Waals surface area (Å²) in [7, 11) is 0. The van der Waals surface area contributed by atoms with Crippen LogP contribution in [0.25, 0.3) is 0 Å². The van der Waals surface area contributed by atoms with Crippen molar-refractivity contribution in [2.24, 2.45) is 0 Å². The largest absolute Gasteiger partial charge is 0.365 e. The summed E-state index contributed by atoms with van der Waals surface area (Å²) in [5.74, 6) is -0.372. The van der Waals surface area contributed by atoms with E-state index in [-0.39, 0.29) is 5.82 Å². The highest BCUT2D eigenvalue weighted by Crippen LogP contribution is 2.22. The smallest absolute Gasteiger partial charge is 0.152 e. The van der Waals surface area contributed by atoms with Gasteiger partial charge in [0.2, 0.25) is 0 Å². The van der Waals surface area contributed by atoms with Crippen LogP contribution < -0.4 is 4.90 Å². The summed E-state index contributed by atoms with van der Waals surface area (Å²) in [5, 5.41) is 0. The topological polar surface area (TPSA) is 20.3 Å². The van der Waals surface area contributed by atoms with Crippen LogP contribution in [0, 0.1) is 5.82 Å². The molecule has 1 aromatic rings. The molecule has 0 saturated carbocycles. The average Bonchev–Trinajstić information content (AvgIpc) is 2.26. The van der Waals surface area contributed by atoms with E-state index in [2.05, 4.69) is 6.58 Å². The monoisotopic (exact) mass is 207 g/mol. The highest BCUT2D eigenvalue weighted by molar-refractivity contribution is 5.84. The maximum Gasteiger partial charge on any atom is 0.152 e. The van der Waals surface area contributed by atoms with Gasteiger partial charge in [0.25, 0.3) is 0 Å². The summed E-state index contributed by atoms with van der Waals surface area (Å²) in [6, 6.07) is 4.50. The van der Waals surface area contributed by atoms with Crippen molar-refractivity contribution in [3.8, 4) is 0 Å². The van der Waals surface area contributed by atoms with Gasteiger partial charge >= 0.3 is 0 Å². The van der Waals surface area contributed by atoms with Crippen molar-refractivity contribution in [2.45, 2.75) is 6.92 Å². The summed E-state index contributed by atoms with van der Waals surface area (Å²) in [6.45, 7) is 6.67. The molecule has 2 nitrogen and oxygen atoms in total. The number of nitrogens with zero attached hydrogens (tertiary/aromatic N) is 1. The Bertz CT molecular complexity index is 363. The van der Waals surface area contributed by atoms with Crippen LogP contribution in [0.2, 0.25) is 0 Å². The molecule has 0 aliphatic carbocycles. The number of rotatable bonds is 5. The third-order valence-electron chi connectivity index (χ3n) is 2.19. The van der Waals surface area contributed by atoms with Gasteiger partial charge in [0.15, 0.2) is 6.29 Å². The van der Waals surface area contributed by atoms with Crippen molar-refractivity contribution >= 4 is 12.0 Å². The fourth-order valence-electron chi connectivity index (χ4n) is 1.50. The molecule has 1 rings (SSSR count). The van der Waals surface area contributed by atoms with Crippen molar-refractivity contribution < 1.29 is 9.18 Å². The molecular weight excluding hydrogens is 193 g/mol. The number of carbonyl (C=O) groups is 1. The SMILES string of the molecule is C=CCN(CC)c1c(F)cccc1C=O. The zero-order valence-corrected chi connectivity index (χ0v) is 8.74. The van der Waals surface area contributed by atoms with Crippen molar-refractivity contribution in [1.29, 1.82) is 0 Å². The number of benzene rings is 1. The minimum Gasteiger partial charge on any atom is -0.365 e. The lowest BCUT2D eigenvalue weighted by Gasteiger charge is -2.23. The van der Waals surface area contributed by atoms with Crippen molar-refractivity contribution in [3.05, 3.63) is 42.2 Å². The van der Waals surface area contributed by atoms with Gasteiger partial charge in [-0.15, -0.1) is 6.58 Å². The molecule has 80 valence electrons. The number of carbonyl (C=O) groups excluding carboxylic acids is 1. The molecule has 0 atom stereocenters. The second kappa shape index (κ2) is 5.29. The molecule has 0 heterocycles. The van der Waals surface area contributed by atoms with Gasteiger partial charge < -0.3 is 4.90 Å². The first kappa shape index (κ1) is 11.4. The third kappa shape index (κ3) is 2.43. The Morgan fingerprint density at radius 3 is 2.80 bits per heavy atom. The van der Waals surface area contributed by atoms with Gasteiger partial charge in [-0.2, -0.15) is 0 Å². The number of hydrogen-bond acceptors (Lipinski definition) is 2. The number of para-hydroxylation sites is 1. The molecule has 0 spiro atoms. The summed E-state index contributed by atoms with van der Waals surface area (Å²) in [6.07, 6.45) is 2.36. The van der Waals surface area contributed by atoms with Crippen LogP contribution in [0.5, 0.6) is 0 Å². The van der Waals surface area contributed by atoms with Gasteiger partial charge in [0, 0.05) is 18.7 Å². The lowest BCUT2D eigenvalue weighted by Crippen LogP contribution is -2.24. The fourth-order valence-corrected chi connectivity index (χ4v) is 1.50. The highest BCUT2D eigenvalue weighted by atomic mass is 19.1. The van der Waals surface area contributed by atoms with E-state index in [1.807, 2.05) is 6.92 Å². The number of likely N-dealkylation sites (N-methyl/N-ethyl adjacent to an activating group) is 1. The van der Waals surface area contributed by atoms with E-state index in [1.165, 1.54) is 12.1 Å². The van der Waals surface area contributed by atoms with Gasteiger partial charge in [-0.05, 0) is 19.1 Å². The van der Waals surface area contributed by atoms with Gasteiger partial charge in [-0.1, -0.05) is 12.1 Å². The molecule has 0 amide bonds. The molecule has 0 aromatic heterocycles. The zero-order valence-electron chi connectivity index (χ0n) is 8.74. The second-order valence-electron chi connectivity index (χ2n) is 3.12. The van der Waals surface area contributed by atoms with E-state index in [1.54, 1.807) is 17.0 Å². The van der Waals surface area contributed by atoms with E-state index in [4.69, 9.17) is 0 Å². The molecule has 0 saturated heterocycles.